The van der Waals surface area contributed by atoms with Gasteiger partial charge in [-0.2, -0.15) is 5.26 Å². The molecule has 0 saturated heterocycles. The van der Waals surface area contributed by atoms with Crippen LogP contribution in [0, 0.1) is 18.3 Å². The average molecular weight is 356 g/mol. The van der Waals surface area contributed by atoms with Gasteiger partial charge in [-0.25, -0.2) is 8.42 Å². The third-order valence-corrected chi connectivity index (χ3v) is 5.55. The molecule has 0 saturated carbocycles. The predicted molar refractivity (Wildman–Crippen MR) is 98.2 cm³/mol. The summed E-state index contributed by atoms with van der Waals surface area (Å²) < 4.78 is 32.6. The molecule has 2 aromatic rings. The van der Waals surface area contributed by atoms with Crippen molar-refractivity contribution in [3.05, 3.63) is 66.2 Å². The third kappa shape index (κ3) is 4.01. The van der Waals surface area contributed by atoms with Crippen LogP contribution < -0.4 is 9.04 Å². The van der Waals surface area contributed by atoms with Gasteiger partial charge in [0.1, 0.15) is 5.75 Å². The van der Waals surface area contributed by atoms with Crippen molar-refractivity contribution in [2.45, 2.75) is 18.2 Å². The first kappa shape index (κ1) is 18.6. The van der Waals surface area contributed by atoms with Gasteiger partial charge in [0.05, 0.1) is 36.7 Å². The Labute approximate surface area is 148 Å². The van der Waals surface area contributed by atoms with Crippen LogP contribution in [0.3, 0.4) is 0 Å². The van der Waals surface area contributed by atoms with E-state index in [1.54, 1.807) is 50.4 Å². The number of nitrogens with zero attached hydrogens (tertiary/aromatic N) is 2. The predicted octanol–water partition coefficient (Wildman–Crippen LogP) is 3.45. The zero-order valence-corrected chi connectivity index (χ0v) is 15.1. The van der Waals surface area contributed by atoms with Gasteiger partial charge in [-0.1, -0.05) is 18.2 Å². The maximum Gasteiger partial charge on any atom is 0.264 e. The van der Waals surface area contributed by atoms with Crippen LogP contribution in [0.4, 0.5) is 5.69 Å². The Hall–Kier alpha value is -2.78. The van der Waals surface area contributed by atoms with Crippen molar-refractivity contribution < 1.29 is 13.2 Å². The number of benzene rings is 2. The van der Waals surface area contributed by atoms with Gasteiger partial charge in [-0.15, -0.1) is 6.58 Å². The van der Waals surface area contributed by atoms with Crippen molar-refractivity contribution in [3.8, 4) is 11.8 Å². The zero-order chi connectivity index (χ0) is 18.4. The molecule has 0 aliphatic rings. The van der Waals surface area contributed by atoms with Gasteiger partial charge in [0.25, 0.3) is 10.0 Å². The molecule has 0 aliphatic heterocycles. The van der Waals surface area contributed by atoms with Crippen LogP contribution in [-0.4, -0.2) is 22.1 Å². The van der Waals surface area contributed by atoms with E-state index >= 15 is 0 Å². The van der Waals surface area contributed by atoms with Gasteiger partial charge in [-0.3, -0.25) is 4.31 Å². The van der Waals surface area contributed by atoms with Crippen LogP contribution in [-0.2, 0) is 16.4 Å². The second kappa shape index (κ2) is 7.86. The lowest BCUT2D eigenvalue weighted by molar-refractivity contribution is 0.411. The average Bonchev–Trinajstić information content (AvgIpc) is 2.60. The zero-order valence-electron chi connectivity index (χ0n) is 14.3. The molecule has 0 fully saturated rings. The summed E-state index contributed by atoms with van der Waals surface area (Å²) in [6.45, 7) is 5.60. The molecule has 0 aromatic heterocycles. The number of methoxy groups -OCH3 is 1. The Bertz CT molecular complexity index is 897. The van der Waals surface area contributed by atoms with E-state index in [0.717, 1.165) is 11.1 Å². The van der Waals surface area contributed by atoms with Crippen molar-refractivity contribution >= 4 is 15.7 Å². The first-order valence-corrected chi connectivity index (χ1v) is 9.12. The molecule has 0 spiro atoms. The summed E-state index contributed by atoms with van der Waals surface area (Å²) in [7, 11) is -2.20. The molecule has 0 aliphatic carbocycles. The first-order valence-electron chi connectivity index (χ1n) is 7.68. The molecule has 0 bridgehead atoms. The van der Waals surface area contributed by atoms with Crippen LogP contribution in [0.5, 0.6) is 5.75 Å². The minimum absolute atomic E-state index is 0.144. The quantitative estimate of drug-likeness (QED) is 0.713. The fourth-order valence-corrected chi connectivity index (χ4v) is 3.99. The van der Waals surface area contributed by atoms with E-state index in [4.69, 9.17) is 10.00 Å². The van der Waals surface area contributed by atoms with E-state index in [0.29, 0.717) is 11.4 Å². The lowest BCUT2D eigenvalue weighted by atomic mass is 10.1. The normalized spacial score (nSPS) is 10.8. The smallest absolute Gasteiger partial charge is 0.264 e. The summed E-state index contributed by atoms with van der Waals surface area (Å²) in [4.78, 5) is 0.189. The number of hydrogen-bond acceptors (Lipinski definition) is 4. The van der Waals surface area contributed by atoms with E-state index in [2.05, 4.69) is 12.6 Å². The van der Waals surface area contributed by atoms with Crippen molar-refractivity contribution in [2.24, 2.45) is 0 Å². The summed E-state index contributed by atoms with van der Waals surface area (Å²) in [5, 5.41) is 8.75. The number of ether oxygens (including phenoxy) is 1. The van der Waals surface area contributed by atoms with Crippen molar-refractivity contribution in [3.63, 3.8) is 0 Å². The molecule has 0 N–H and O–H groups in total. The maximum absolute atomic E-state index is 13.1. The van der Waals surface area contributed by atoms with Gasteiger partial charge >= 0.3 is 0 Å². The Balaban J connectivity index is 2.45. The molecule has 0 heterocycles. The van der Waals surface area contributed by atoms with Crippen LogP contribution in [0.15, 0.2) is 60.0 Å². The third-order valence-electron chi connectivity index (χ3n) is 3.76. The van der Waals surface area contributed by atoms with Gasteiger partial charge in [-0.05, 0) is 48.4 Å². The second-order valence-electron chi connectivity index (χ2n) is 5.46. The molecule has 5 nitrogen and oxygen atoms in total. The maximum atomic E-state index is 13.1. The fraction of sp³-hybridized carbons (Fsp3) is 0.211. The van der Waals surface area contributed by atoms with Gasteiger partial charge in [0.2, 0.25) is 0 Å². The monoisotopic (exact) mass is 356 g/mol. The Morgan fingerprint density at radius 1 is 1.24 bits per heavy atom. The van der Waals surface area contributed by atoms with Gasteiger partial charge in [0.15, 0.2) is 0 Å². The number of rotatable bonds is 7. The Morgan fingerprint density at radius 3 is 2.44 bits per heavy atom. The largest absolute Gasteiger partial charge is 0.496 e. The van der Waals surface area contributed by atoms with Crippen molar-refractivity contribution in [2.75, 3.05) is 18.0 Å². The molecular weight excluding hydrogens is 336 g/mol. The highest BCUT2D eigenvalue weighted by Gasteiger charge is 2.24. The minimum Gasteiger partial charge on any atom is -0.496 e. The van der Waals surface area contributed by atoms with Crippen LogP contribution in [0.25, 0.3) is 0 Å². The topological polar surface area (TPSA) is 70.4 Å². The molecular formula is C19H20N2O3S. The first-order chi connectivity index (χ1) is 11.9. The SMILES string of the molecule is C=CCN(c1ccc(CC#N)cc1)S(=O)(=O)c1ccc(OC)c(C)c1. The van der Waals surface area contributed by atoms with Crippen molar-refractivity contribution in [1.82, 2.24) is 0 Å². The summed E-state index contributed by atoms with van der Waals surface area (Å²) in [6, 6.07) is 13.7. The number of sulfonamides is 1. The van der Waals surface area contributed by atoms with E-state index in [9.17, 15) is 8.42 Å². The number of nitriles is 1. The highest BCUT2D eigenvalue weighted by atomic mass is 32.2. The fourth-order valence-electron chi connectivity index (χ4n) is 2.47. The van der Waals surface area contributed by atoms with E-state index in [1.165, 1.54) is 16.4 Å². The summed E-state index contributed by atoms with van der Waals surface area (Å²) >= 11 is 0. The number of aryl methyl sites for hydroxylation is 1. The van der Waals surface area contributed by atoms with E-state index in [-0.39, 0.29) is 17.9 Å². The second-order valence-corrected chi connectivity index (χ2v) is 7.32. The molecule has 25 heavy (non-hydrogen) atoms. The van der Waals surface area contributed by atoms with Gasteiger partial charge in [0, 0.05) is 0 Å². The molecule has 0 unspecified atom stereocenters. The van der Waals surface area contributed by atoms with Gasteiger partial charge < -0.3 is 4.74 Å². The number of anilines is 1. The molecule has 2 rings (SSSR count). The van der Waals surface area contributed by atoms with Crippen LogP contribution in [0.2, 0.25) is 0 Å². The van der Waals surface area contributed by atoms with E-state index < -0.39 is 10.0 Å². The molecule has 130 valence electrons. The highest BCUT2D eigenvalue weighted by molar-refractivity contribution is 7.92. The summed E-state index contributed by atoms with van der Waals surface area (Å²) in [6.07, 6.45) is 1.82. The molecule has 0 atom stereocenters. The summed E-state index contributed by atoms with van der Waals surface area (Å²) in [5.41, 5.74) is 2.10. The molecule has 0 radical (unpaired) electrons. The van der Waals surface area contributed by atoms with E-state index in [1.807, 2.05) is 0 Å². The lowest BCUT2D eigenvalue weighted by Gasteiger charge is -2.23. The molecule has 6 heteroatoms. The molecule has 2 aromatic carbocycles. The lowest BCUT2D eigenvalue weighted by Crippen LogP contribution is -2.31. The standard InChI is InChI=1S/C19H20N2O3S/c1-4-13-21(17-7-5-16(6-8-17)11-12-20)25(22,23)18-9-10-19(24-3)15(2)14-18/h4-10,14H,1,11,13H2,2-3H3. The van der Waals surface area contributed by atoms with Crippen LogP contribution in [0.1, 0.15) is 11.1 Å². The van der Waals surface area contributed by atoms with Crippen molar-refractivity contribution in [1.29, 1.82) is 5.26 Å². The Kier molecular flexibility index (Phi) is 5.84. The van der Waals surface area contributed by atoms with Crippen LogP contribution >= 0.6 is 0 Å². The number of hydrogen-bond donors (Lipinski definition) is 0. The summed E-state index contributed by atoms with van der Waals surface area (Å²) in [5.74, 6) is 0.634. The highest BCUT2D eigenvalue weighted by Crippen LogP contribution is 2.27. The Morgan fingerprint density at radius 2 is 1.92 bits per heavy atom. The molecule has 0 amide bonds. The minimum atomic E-state index is -3.75.